The van der Waals surface area contributed by atoms with Gasteiger partial charge in [0.15, 0.2) is 0 Å². The molecule has 2 nitrogen and oxygen atoms in total. The Bertz CT molecular complexity index is 1250. The van der Waals surface area contributed by atoms with Gasteiger partial charge in [-0.2, -0.15) is 0 Å². The number of nitrogens with zero attached hydrogens (tertiary/aromatic N) is 1. The molecule has 0 radical (unpaired) electrons. The average Bonchev–Trinajstić information content (AvgIpc) is 2.85. The van der Waals surface area contributed by atoms with Crippen molar-refractivity contribution in [2.75, 3.05) is 18.0 Å². The third-order valence-corrected chi connectivity index (χ3v) is 7.47. The summed E-state index contributed by atoms with van der Waals surface area (Å²) in [5.74, 6) is 0. The quantitative estimate of drug-likeness (QED) is 0.389. The molecule has 3 aromatic rings. The maximum Gasteiger partial charge on any atom is 0.0726 e. The van der Waals surface area contributed by atoms with Crippen molar-refractivity contribution in [3.05, 3.63) is 101 Å². The number of hydrogen-bond acceptors (Lipinski definition) is 2. The first-order valence-electron chi connectivity index (χ1n) is 13.0. The number of benzene rings is 3. The zero-order valence-corrected chi connectivity index (χ0v) is 21.8. The second kappa shape index (κ2) is 9.87. The molecule has 0 amide bonds. The van der Waals surface area contributed by atoms with Crippen molar-refractivity contribution in [3.8, 4) is 11.1 Å². The Morgan fingerprint density at radius 2 is 1.34 bits per heavy atom. The molecule has 0 spiro atoms. The normalized spacial score (nSPS) is 24.3. The molecule has 1 heterocycles. The van der Waals surface area contributed by atoms with Gasteiger partial charge in [0, 0.05) is 18.8 Å². The van der Waals surface area contributed by atoms with E-state index < -0.39 is 0 Å². The van der Waals surface area contributed by atoms with Crippen molar-refractivity contribution in [3.63, 3.8) is 0 Å². The highest BCUT2D eigenvalue weighted by Crippen LogP contribution is 2.38. The molecule has 2 atom stereocenters. The standard InChI is InChI=1S/C33H37NO/c1-22-9-12-27(13-10-22)31-8-6-7-30-26(5)33(19-23(2)11-18-32(30)31)28-14-16-29(17-15-28)34-20-24(3)35-25(4)21-34/h6-10,12-17,19,24-25H,11,18,20-21H2,1-5H3/b23-19+,33-26+/t24-,25-/m1/s1. The van der Waals surface area contributed by atoms with Crippen LogP contribution in [-0.2, 0) is 11.2 Å². The van der Waals surface area contributed by atoms with E-state index in [1.54, 1.807) is 0 Å². The van der Waals surface area contributed by atoms with Crippen LogP contribution in [0.4, 0.5) is 5.69 Å². The van der Waals surface area contributed by atoms with Gasteiger partial charge in [0.25, 0.3) is 0 Å². The number of allylic oxidation sites excluding steroid dienone is 4. The maximum atomic E-state index is 5.93. The topological polar surface area (TPSA) is 12.5 Å². The maximum absolute atomic E-state index is 5.93. The predicted octanol–water partition coefficient (Wildman–Crippen LogP) is 8.10. The van der Waals surface area contributed by atoms with Gasteiger partial charge in [-0.25, -0.2) is 0 Å². The number of hydrogen-bond donors (Lipinski definition) is 0. The van der Waals surface area contributed by atoms with Crippen LogP contribution in [0, 0.1) is 6.92 Å². The molecular formula is C33H37NO. The molecule has 1 aliphatic carbocycles. The molecule has 0 saturated carbocycles. The van der Waals surface area contributed by atoms with Crippen LogP contribution in [0.15, 0.2) is 78.4 Å². The molecule has 0 bridgehead atoms. The summed E-state index contributed by atoms with van der Waals surface area (Å²) in [6.45, 7) is 12.9. The lowest BCUT2D eigenvalue weighted by Crippen LogP contribution is -2.45. The average molecular weight is 464 g/mol. The number of fused-ring (bicyclic) bond motifs is 1. The summed E-state index contributed by atoms with van der Waals surface area (Å²) in [7, 11) is 0. The van der Waals surface area contributed by atoms with Crippen LogP contribution in [0.1, 0.15) is 56.4 Å². The zero-order valence-electron chi connectivity index (χ0n) is 21.8. The lowest BCUT2D eigenvalue weighted by atomic mass is 9.83. The molecule has 1 saturated heterocycles. The summed E-state index contributed by atoms with van der Waals surface area (Å²) >= 11 is 0. The minimum absolute atomic E-state index is 0.263. The largest absolute Gasteiger partial charge is 0.372 e. The molecule has 3 aromatic carbocycles. The molecule has 35 heavy (non-hydrogen) atoms. The fourth-order valence-electron chi connectivity index (χ4n) is 5.65. The van der Waals surface area contributed by atoms with Gasteiger partial charge in [0.05, 0.1) is 12.2 Å². The summed E-state index contributed by atoms with van der Waals surface area (Å²) in [4.78, 5) is 2.45. The lowest BCUT2D eigenvalue weighted by molar-refractivity contribution is -0.00521. The molecular weight excluding hydrogens is 426 g/mol. The number of rotatable bonds is 3. The van der Waals surface area contributed by atoms with Gasteiger partial charge in [-0.1, -0.05) is 71.8 Å². The van der Waals surface area contributed by atoms with Crippen molar-refractivity contribution in [2.24, 2.45) is 0 Å². The first kappa shape index (κ1) is 23.6. The van der Waals surface area contributed by atoms with E-state index in [0.717, 1.165) is 25.9 Å². The minimum atomic E-state index is 0.263. The number of anilines is 1. The van der Waals surface area contributed by atoms with E-state index in [0.29, 0.717) is 0 Å². The zero-order chi connectivity index (χ0) is 24.5. The third-order valence-electron chi connectivity index (χ3n) is 7.47. The van der Waals surface area contributed by atoms with Gasteiger partial charge in [0.1, 0.15) is 0 Å². The van der Waals surface area contributed by atoms with Crippen molar-refractivity contribution in [1.82, 2.24) is 0 Å². The second-order valence-electron chi connectivity index (χ2n) is 10.4. The summed E-state index contributed by atoms with van der Waals surface area (Å²) < 4.78 is 5.93. The molecule has 2 aliphatic rings. The summed E-state index contributed by atoms with van der Waals surface area (Å²) in [5, 5.41) is 0. The van der Waals surface area contributed by atoms with Crippen molar-refractivity contribution in [1.29, 1.82) is 0 Å². The number of aryl methyl sites for hydroxylation is 1. The van der Waals surface area contributed by atoms with Crippen LogP contribution in [0.2, 0.25) is 0 Å². The minimum Gasteiger partial charge on any atom is -0.372 e. The van der Waals surface area contributed by atoms with Crippen LogP contribution in [0.5, 0.6) is 0 Å². The molecule has 0 aromatic heterocycles. The highest BCUT2D eigenvalue weighted by molar-refractivity contribution is 5.97. The molecule has 0 N–H and O–H groups in total. The molecule has 2 heteroatoms. The van der Waals surface area contributed by atoms with E-state index in [2.05, 4.69) is 112 Å². The van der Waals surface area contributed by atoms with Crippen molar-refractivity contribution in [2.45, 2.75) is 59.7 Å². The van der Waals surface area contributed by atoms with Crippen LogP contribution < -0.4 is 4.90 Å². The monoisotopic (exact) mass is 463 g/mol. The van der Waals surface area contributed by atoms with Gasteiger partial charge in [0.2, 0.25) is 0 Å². The Morgan fingerprint density at radius 1 is 0.714 bits per heavy atom. The van der Waals surface area contributed by atoms with E-state index >= 15 is 0 Å². The van der Waals surface area contributed by atoms with Crippen molar-refractivity contribution >= 4 is 16.8 Å². The van der Waals surface area contributed by atoms with E-state index in [1.165, 1.54) is 55.8 Å². The summed E-state index contributed by atoms with van der Waals surface area (Å²) in [6, 6.07) is 24.9. The summed E-state index contributed by atoms with van der Waals surface area (Å²) in [5.41, 5.74) is 13.5. The highest BCUT2D eigenvalue weighted by atomic mass is 16.5. The molecule has 5 rings (SSSR count). The Labute approximate surface area is 211 Å². The van der Waals surface area contributed by atoms with E-state index in [1.807, 2.05) is 0 Å². The Hall–Kier alpha value is -3.10. The molecule has 180 valence electrons. The second-order valence-corrected chi connectivity index (χ2v) is 10.4. The van der Waals surface area contributed by atoms with Crippen LogP contribution in [-0.4, -0.2) is 25.3 Å². The van der Waals surface area contributed by atoms with E-state index in [4.69, 9.17) is 4.74 Å². The van der Waals surface area contributed by atoms with Gasteiger partial charge < -0.3 is 9.64 Å². The number of morpholine rings is 1. The highest BCUT2D eigenvalue weighted by Gasteiger charge is 2.23. The summed E-state index contributed by atoms with van der Waals surface area (Å²) in [6.07, 6.45) is 5.08. The van der Waals surface area contributed by atoms with E-state index in [9.17, 15) is 0 Å². The van der Waals surface area contributed by atoms with Crippen LogP contribution >= 0.6 is 0 Å². The van der Waals surface area contributed by atoms with Gasteiger partial charge >= 0.3 is 0 Å². The van der Waals surface area contributed by atoms with Gasteiger partial charge in [-0.05, 0) is 98.6 Å². The van der Waals surface area contributed by atoms with Gasteiger partial charge in [-0.3, -0.25) is 0 Å². The Balaban J connectivity index is 1.55. The van der Waals surface area contributed by atoms with E-state index in [-0.39, 0.29) is 12.2 Å². The fourth-order valence-corrected chi connectivity index (χ4v) is 5.65. The Morgan fingerprint density at radius 3 is 2.03 bits per heavy atom. The SMILES string of the molecule is C/C1=C\C(c2ccc(N3C[C@@H](C)O[C@H](C)C3)cc2)=C(\C)c2cccc(-c3ccc(C)cc3)c2CC1. The Kier molecular flexibility index (Phi) is 6.67. The first-order valence-corrected chi connectivity index (χ1v) is 13.0. The first-order chi connectivity index (χ1) is 16.9. The molecule has 1 aliphatic heterocycles. The van der Waals surface area contributed by atoms with Gasteiger partial charge in [-0.15, -0.1) is 0 Å². The fraction of sp³-hybridized carbons (Fsp3) is 0.333. The smallest absolute Gasteiger partial charge is 0.0726 e. The molecule has 1 fully saturated rings. The third kappa shape index (κ3) is 4.99. The van der Waals surface area contributed by atoms with Crippen molar-refractivity contribution < 1.29 is 4.74 Å². The van der Waals surface area contributed by atoms with Crippen LogP contribution in [0.25, 0.3) is 22.3 Å². The van der Waals surface area contributed by atoms with Crippen LogP contribution in [0.3, 0.4) is 0 Å². The molecule has 0 unspecified atom stereocenters. The lowest BCUT2D eigenvalue weighted by Gasteiger charge is -2.37. The predicted molar refractivity (Wildman–Crippen MR) is 150 cm³/mol. The number of ether oxygens (including phenoxy) is 1.